The fourth-order valence-corrected chi connectivity index (χ4v) is 1.29. The maximum atomic E-state index is 12.8. The number of amides is 1. The first-order valence-electron chi connectivity index (χ1n) is 5.59. The highest BCUT2D eigenvalue weighted by Gasteiger charge is 2.11. The van der Waals surface area contributed by atoms with Gasteiger partial charge in [0.2, 0.25) is 5.95 Å². The Kier molecular flexibility index (Phi) is 5.03. The highest BCUT2D eigenvalue weighted by Crippen LogP contribution is 2.04. The quantitative estimate of drug-likeness (QED) is 0.764. The molecule has 0 aliphatic rings. The summed E-state index contributed by atoms with van der Waals surface area (Å²) in [6.45, 7) is 4.15. The van der Waals surface area contributed by atoms with Crippen LogP contribution in [0.2, 0.25) is 0 Å². The number of aliphatic hydroxyl groups is 1. The molecule has 5 heteroatoms. The van der Waals surface area contributed by atoms with E-state index in [-0.39, 0.29) is 11.6 Å². The lowest BCUT2D eigenvalue weighted by Gasteiger charge is -2.14. The van der Waals surface area contributed by atoms with Gasteiger partial charge in [-0.1, -0.05) is 19.9 Å². The van der Waals surface area contributed by atoms with E-state index in [1.54, 1.807) is 0 Å². The van der Waals surface area contributed by atoms with E-state index in [9.17, 15) is 14.3 Å². The average molecular weight is 240 g/mol. The van der Waals surface area contributed by atoms with Crippen LogP contribution in [0.15, 0.2) is 18.2 Å². The molecule has 0 saturated heterocycles. The molecule has 0 radical (unpaired) electrons. The van der Waals surface area contributed by atoms with Gasteiger partial charge < -0.3 is 10.4 Å². The zero-order valence-electron chi connectivity index (χ0n) is 9.98. The largest absolute Gasteiger partial charge is 0.393 e. The number of hydrogen-bond donors (Lipinski definition) is 2. The number of aliphatic hydroxyl groups excluding tert-OH is 1. The fraction of sp³-hybridized carbons (Fsp3) is 0.500. The van der Waals surface area contributed by atoms with Gasteiger partial charge in [-0.3, -0.25) is 4.79 Å². The van der Waals surface area contributed by atoms with Gasteiger partial charge in [0, 0.05) is 6.54 Å². The first kappa shape index (κ1) is 13.6. The zero-order chi connectivity index (χ0) is 12.8. The van der Waals surface area contributed by atoms with Crippen LogP contribution in [0.1, 0.15) is 30.8 Å². The summed E-state index contributed by atoms with van der Waals surface area (Å²) in [5.41, 5.74) is 0.0454. The van der Waals surface area contributed by atoms with Gasteiger partial charge in [-0.15, -0.1) is 0 Å². The molecule has 0 spiro atoms. The Morgan fingerprint density at radius 1 is 1.53 bits per heavy atom. The molecule has 0 aliphatic carbocycles. The monoisotopic (exact) mass is 240 g/mol. The van der Waals surface area contributed by atoms with E-state index >= 15 is 0 Å². The molecule has 0 fully saturated rings. The third-order valence-corrected chi connectivity index (χ3v) is 2.44. The van der Waals surface area contributed by atoms with Crippen molar-refractivity contribution in [3.05, 3.63) is 29.8 Å². The van der Waals surface area contributed by atoms with Crippen LogP contribution in [0.5, 0.6) is 0 Å². The lowest BCUT2D eigenvalue weighted by Crippen LogP contribution is -2.29. The second-order valence-corrected chi connectivity index (χ2v) is 4.20. The van der Waals surface area contributed by atoms with Crippen LogP contribution in [0.3, 0.4) is 0 Å². The van der Waals surface area contributed by atoms with E-state index in [1.807, 2.05) is 13.8 Å². The third-order valence-electron chi connectivity index (χ3n) is 2.44. The van der Waals surface area contributed by atoms with Crippen molar-refractivity contribution in [2.45, 2.75) is 26.4 Å². The number of rotatable bonds is 5. The molecule has 1 aromatic rings. The van der Waals surface area contributed by atoms with Crippen LogP contribution >= 0.6 is 0 Å². The topological polar surface area (TPSA) is 62.2 Å². The van der Waals surface area contributed by atoms with Crippen molar-refractivity contribution in [1.29, 1.82) is 0 Å². The minimum absolute atomic E-state index is 0.0454. The van der Waals surface area contributed by atoms with Crippen LogP contribution < -0.4 is 5.32 Å². The van der Waals surface area contributed by atoms with E-state index in [0.29, 0.717) is 13.0 Å². The first-order valence-corrected chi connectivity index (χ1v) is 5.59. The first-order chi connectivity index (χ1) is 8.00. The second-order valence-electron chi connectivity index (χ2n) is 4.20. The van der Waals surface area contributed by atoms with Gasteiger partial charge >= 0.3 is 0 Å². The number of aromatic nitrogens is 1. The van der Waals surface area contributed by atoms with Gasteiger partial charge in [-0.2, -0.15) is 4.39 Å². The molecule has 94 valence electrons. The Hall–Kier alpha value is -1.49. The summed E-state index contributed by atoms with van der Waals surface area (Å²) < 4.78 is 12.8. The number of halogens is 1. The van der Waals surface area contributed by atoms with Crippen molar-refractivity contribution in [3.63, 3.8) is 0 Å². The fourth-order valence-electron chi connectivity index (χ4n) is 1.29. The van der Waals surface area contributed by atoms with Gasteiger partial charge in [0.1, 0.15) is 5.69 Å². The summed E-state index contributed by atoms with van der Waals surface area (Å²) in [6.07, 6.45) is 0.0226. The predicted octanol–water partition coefficient (Wildman–Crippen LogP) is 1.36. The summed E-state index contributed by atoms with van der Waals surface area (Å²) in [7, 11) is 0. The second kappa shape index (κ2) is 6.30. The van der Waals surface area contributed by atoms with Crippen molar-refractivity contribution < 1.29 is 14.3 Å². The lowest BCUT2D eigenvalue weighted by molar-refractivity contribution is 0.0914. The smallest absolute Gasteiger partial charge is 0.269 e. The molecule has 0 saturated carbocycles. The average Bonchev–Trinajstić information content (AvgIpc) is 2.28. The minimum atomic E-state index is -0.681. The molecule has 0 bridgehead atoms. The van der Waals surface area contributed by atoms with Crippen LogP contribution in [0, 0.1) is 11.9 Å². The Balaban J connectivity index is 2.40. The van der Waals surface area contributed by atoms with Crippen LogP contribution in [0.4, 0.5) is 4.39 Å². The van der Waals surface area contributed by atoms with Crippen molar-refractivity contribution >= 4 is 5.91 Å². The lowest BCUT2D eigenvalue weighted by atomic mass is 10.0. The summed E-state index contributed by atoms with van der Waals surface area (Å²) in [6, 6.07) is 4.05. The number of carbonyl (C=O) groups excluding carboxylic acids is 1. The van der Waals surface area contributed by atoms with Gasteiger partial charge in [0.15, 0.2) is 0 Å². The van der Waals surface area contributed by atoms with Gasteiger partial charge in [-0.05, 0) is 24.5 Å². The minimum Gasteiger partial charge on any atom is -0.393 e. The predicted molar refractivity (Wildman–Crippen MR) is 62.0 cm³/mol. The van der Waals surface area contributed by atoms with Crippen molar-refractivity contribution in [2.24, 2.45) is 5.92 Å². The van der Waals surface area contributed by atoms with E-state index in [2.05, 4.69) is 10.3 Å². The molecule has 1 aromatic heterocycles. The standard InChI is InChI=1S/C12H17FN2O2/c1-8(2)10(16)6-7-14-12(17)9-4-3-5-11(13)15-9/h3-5,8,10,16H,6-7H2,1-2H3,(H,14,17). The highest BCUT2D eigenvalue weighted by atomic mass is 19.1. The summed E-state index contributed by atoms with van der Waals surface area (Å²) in [5, 5.41) is 12.1. The van der Waals surface area contributed by atoms with E-state index in [0.717, 1.165) is 0 Å². The number of carbonyl (C=O) groups is 1. The molecule has 1 rings (SSSR count). The van der Waals surface area contributed by atoms with E-state index in [4.69, 9.17) is 0 Å². The van der Waals surface area contributed by atoms with Gasteiger partial charge in [-0.25, -0.2) is 4.98 Å². The van der Waals surface area contributed by atoms with Crippen molar-refractivity contribution in [1.82, 2.24) is 10.3 Å². The summed E-state index contributed by atoms with van der Waals surface area (Å²) >= 11 is 0. The number of nitrogens with zero attached hydrogens (tertiary/aromatic N) is 1. The molecular weight excluding hydrogens is 223 g/mol. The number of nitrogens with one attached hydrogen (secondary N) is 1. The molecule has 2 N–H and O–H groups in total. The molecule has 1 unspecified atom stereocenters. The summed E-state index contributed by atoms with van der Waals surface area (Å²) in [5.74, 6) is -0.959. The van der Waals surface area contributed by atoms with E-state index < -0.39 is 18.0 Å². The van der Waals surface area contributed by atoms with Crippen LogP contribution in [0.25, 0.3) is 0 Å². The molecule has 0 aromatic carbocycles. The van der Waals surface area contributed by atoms with Crippen molar-refractivity contribution in [2.75, 3.05) is 6.54 Å². The number of pyridine rings is 1. The molecule has 1 atom stereocenters. The Morgan fingerprint density at radius 2 is 2.24 bits per heavy atom. The normalized spacial score (nSPS) is 12.5. The van der Waals surface area contributed by atoms with Gasteiger partial charge in [0.25, 0.3) is 5.91 Å². The van der Waals surface area contributed by atoms with Gasteiger partial charge in [0.05, 0.1) is 6.10 Å². The zero-order valence-corrected chi connectivity index (χ0v) is 9.98. The van der Waals surface area contributed by atoms with E-state index in [1.165, 1.54) is 18.2 Å². The number of hydrogen-bond acceptors (Lipinski definition) is 3. The molecule has 1 heterocycles. The van der Waals surface area contributed by atoms with Crippen LogP contribution in [-0.2, 0) is 0 Å². The Labute approximate surface area is 99.9 Å². The highest BCUT2D eigenvalue weighted by molar-refractivity contribution is 5.92. The maximum absolute atomic E-state index is 12.8. The molecule has 17 heavy (non-hydrogen) atoms. The molecule has 1 amide bonds. The molecule has 4 nitrogen and oxygen atoms in total. The molecular formula is C12H17FN2O2. The third kappa shape index (κ3) is 4.48. The van der Waals surface area contributed by atoms with Crippen molar-refractivity contribution in [3.8, 4) is 0 Å². The molecule has 0 aliphatic heterocycles. The maximum Gasteiger partial charge on any atom is 0.269 e. The SMILES string of the molecule is CC(C)C(O)CCNC(=O)c1cccc(F)n1. The Bertz CT molecular complexity index is 383. The summed E-state index contributed by atoms with van der Waals surface area (Å²) in [4.78, 5) is 15.0. The Morgan fingerprint density at radius 3 is 2.82 bits per heavy atom. The van der Waals surface area contributed by atoms with Crippen LogP contribution in [-0.4, -0.2) is 28.6 Å².